The normalized spacial score (nSPS) is 24.1. The molecular formula is C14H17N3O2. The van der Waals surface area contributed by atoms with Gasteiger partial charge in [0.1, 0.15) is 0 Å². The molecule has 0 radical (unpaired) electrons. The molecule has 2 aromatic heterocycles. The van der Waals surface area contributed by atoms with Crippen molar-refractivity contribution in [3.8, 4) is 11.7 Å². The monoisotopic (exact) mass is 259 g/mol. The highest BCUT2D eigenvalue weighted by Crippen LogP contribution is 2.34. The first-order chi connectivity index (χ1) is 9.38. The van der Waals surface area contributed by atoms with E-state index in [1.165, 1.54) is 19.4 Å². The molecule has 0 bridgehead atoms. The van der Waals surface area contributed by atoms with E-state index in [1.54, 1.807) is 6.26 Å². The van der Waals surface area contributed by atoms with E-state index in [4.69, 9.17) is 8.83 Å². The van der Waals surface area contributed by atoms with Crippen molar-refractivity contribution >= 4 is 0 Å². The number of likely N-dealkylation sites (tertiary alicyclic amines) is 1. The van der Waals surface area contributed by atoms with Crippen LogP contribution in [0.3, 0.4) is 0 Å². The van der Waals surface area contributed by atoms with Gasteiger partial charge in [-0.15, -0.1) is 10.2 Å². The average molecular weight is 259 g/mol. The molecule has 1 aliphatic heterocycles. The average Bonchev–Trinajstić information content (AvgIpc) is 2.93. The van der Waals surface area contributed by atoms with Gasteiger partial charge in [-0.05, 0) is 43.9 Å². The fourth-order valence-corrected chi connectivity index (χ4v) is 2.76. The Balaban J connectivity index is 1.45. The molecule has 1 atom stereocenters. The van der Waals surface area contributed by atoms with Crippen LogP contribution in [0.15, 0.2) is 27.2 Å². The Kier molecular flexibility index (Phi) is 2.65. The van der Waals surface area contributed by atoms with Crippen molar-refractivity contribution < 1.29 is 8.83 Å². The van der Waals surface area contributed by atoms with E-state index >= 15 is 0 Å². The minimum Gasteiger partial charge on any atom is -0.459 e. The van der Waals surface area contributed by atoms with Crippen LogP contribution in [-0.2, 0) is 0 Å². The number of aromatic nitrogens is 2. The maximum absolute atomic E-state index is 5.74. The summed E-state index contributed by atoms with van der Waals surface area (Å²) < 4.78 is 11.0. The van der Waals surface area contributed by atoms with Gasteiger partial charge in [0.15, 0.2) is 5.76 Å². The smallest absolute Gasteiger partial charge is 0.283 e. The highest BCUT2D eigenvalue weighted by molar-refractivity contribution is 5.42. The van der Waals surface area contributed by atoms with Crippen molar-refractivity contribution in [3.63, 3.8) is 0 Å². The Labute approximate surface area is 111 Å². The van der Waals surface area contributed by atoms with Crippen molar-refractivity contribution in [1.82, 2.24) is 15.1 Å². The molecule has 1 aliphatic carbocycles. The quantitative estimate of drug-likeness (QED) is 0.844. The van der Waals surface area contributed by atoms with Gasteiger partial charge in [-0.25, -0.2) is 0 Å². The van der Waals surface area contributed by atoms with Gasteiger partial charge in [0.05, 0.1) is 12.2 Å². The molecule has 100 valence electrons. The Morgan fingerprint density at radius 2 is 2.21 bits per heavy atom. The predicted molar refractivity (Wildman–Crippen MR) is 68.5 cm³/mol. The van der Waals surface area contributed by atoms with Crippen LogP contribution in [-0.4, -0.2) is 34.7 Å². The van der Waals surface area contributed by atoms with Gasteiger partial charge >= 0.3 is 0 Å². The summed E-state index contributed by atoms with van der Waals surface area (Å²) in [5, 5.41) is 8.25. The van der Waals surface area contributed by atoms with E-state index in [1.807, 2.05) is 12.1 Å². The number of furan rings is 1. The third-order valence-corrected chi connectivity index (χ3v) is 4.01. The molecular weight excluding hydrogens is 242 g/mol. The predicted octanol–water partition coefficient (Wildman–Crippen LogP) is 2.53. The molecule has 2 fully saturated rings. The van der Waals surface area contributed by atoms with Gasteiger partial charge in [-0.2, -0.15) is 0 Å². The fraction of sp³-hybridized carbons (Fsp3) is 0.571. The zero-order chi connectivity index (χ0) is 12.7. The van der Waals surface area contributed by atoms with Crippen molar-refractivity contribution in [2.24, 2.45) is 5.92 Å². The van der Waals surface area contributed by atoms with Crippen LogP contribution >= 0.6 is 0 Å². The Morgan fingerprint density at radius 1 is 1.26 bits per heavy atom. The highest BCUT2D eigenvalue weighted by Gasteiger charge is 2.32. The van der Waals surface area contributed by atoms with Crippen molar-refractivity contribution in [2.75, 3.05) is 19.6 Å². The lowest BCUT2D eigenvalue weighted by molar-refractivity contribution is 0.314. The summed E-state index contributed by atoms with van der Waals surface area (Å²) in [5.41, 5.74) is 0. The number of hydrogen-bond acceptors (Lipinski definition) is 5. The molecule has 1 unspecified atom stereocenters. The van der Waals surface area contributed by atoms with Crippen molar-refractivity contribution in [2.45, 2.75) is 25.2 Å². The van der Waals surface area contributed by atoms with Crippen LogP contribution in [0, 0.1) is 5.92 Å². The summed E-state index contributed by atoms with van der Waals surface area (Å²) in [5.74, 6) is 3.21. The standard InChI is InChI=1S/C14H17N3O2/c1-2-12(18-7-1)14-16-15-13(19-14)11-5-6-17(9-11)8-10-3-4-10/h1-2,7,10-11H,3-6,8-9H2. The summed E-state index contributed by atoms with van der Waals surface area (Å²) in [4.78, 5) is 2.53. The van der Waals surface area contributed by atoms with Gasteiger partial charge < -0.3 is 13.7 Å². The third-order valence-electron chi connectivity index (χ3n) is 4.01. The molecule has 0 amide bonds. The molecule has 3 heterocycles. The van der Waals surface area contributed by atoms with E-state index in [9.17, 15) is 0 Å². The van der Waals surface area contributed by atoms with Crippen LogP contribution in [0.5, 0.6) is 0 Å². The number of hydrogen-bond donors (Lipinski definition) is 0. The lowest BCUT2D eigenvalue weighted by Gasteiger charge is -2.13. The second kappa shape index (κ2) is 4.49. The molecule has 2 aliphatic rings. The van der Waals surface area contributed by atoms with Gasteiger partial charge in [-0.3, -0.25) is 0 Å². The van der Waals surface area contributed by atoms with E-state index in [2.05, 4.69) is 15.1 Å². The summed E-state index contributed by atoms with van der Waals surface area (Å²) in [6.45, 7) is 3.45. The molecule has 5 nitrogen and oxygen atoms in total. The second-order valence-electron chi connectivity index (χ2n) is 5.61. The molecule has 0 spiro atoms. The summed E-state index contributed by atoms with van der Waals surface area (Å²) in [7, 11) is 0. The summed E-state index contributed by atoms with van der Waals surface area (Å²) in [6, 6.07) is 3.66. The molecule has 0 aromatic carbocycles. The van der Waals surface area contributed by atoms with Gasteiger partial charge in [-0.1, -0.05) is 0 Å². The lowest BCUT2D eigenvalue weighted by atomic mass is 10.1. The minimum absolute atomic E-state index is 0.384. The van der Waals surface area contributed by atoms with Crippen LogP contribution in [0.4, 0.5) is 0 Å². The van der Waals surface area contributed by atoms with E-state index in [0.29, 0.717) is 17.6 Å². The zero-order valence-corrected chi connectivity index (χ0v) is 10.8. The first kappa shape index (κ1) is 11.2. The molecule has 5 heteroatoms. The maximum Gasteiger partial charge on any atom is 0.283 e. The highest BCUT2D eigenvalue weighted by atomic mass is 16.4. The van der Waals surface area contributed by atoms with Gasteiger partial charge in [0.25, 0.3) is 5.89 Å². The summed E-state index contributed by atoms with van der Waals surface area (Å²) >= 11 is 0. The van der Waals surface area contributed by atoms with E-state index in [-0.39, 0.29) is 0 Å². The van der Waals surface area contributed by atoms with Crippen LogP contribution in [0.2, 0.25) is 0 Å². The molecule has 1 saturated carbocycles. The number of nitrogens with zero attached hydrogens (tertiary/aromatic N) is 3. The zero-order valence-electron chi connectivity index (χ0n) is 10.8. The van der Waals surface area contributed by atoms with Crippen LogP contribution in [0.1, 0.15) is 31.1 Å². The minimum atomic E-state index is 0.384. The molecule has 2 aromatic rings. The van der Waals surface area contributed by atoms with Gasteiger partial charge in [0, 0.05) is 13.1 Å². The molecule has 4 rings (SSSR count). The first-order valence-corrected chi connectivity index (χ1v) is 6.98. The largest absolute Gasteiger partial charge is 0.459 e. The first-order valence-electron chi connectivity index (χ1n) is 6.98. The van der Waals surface area contributed by atoms with E-state index in [0.717, 1.165) is 31.3 Å². The molecule has 0 N–H and O–H groups in total. The molecule has 1 saturated heterocycles. The lowest BCUT2D eigenvalue weighted by Crippen LogP contribution is -2.22. The number of rotatable bonds is 4. The Hall–Kier alpha value is -1.62. The third kappa shape index (κ3) is 2.30. The second-order valence-corrected chi connectivity index (χ2v) is 5.61. The topological polar surface area (TPSA) is 55.3 Å². The fourth-order valence-electron chi connectivity index (χ4n) is 2.76. The van der Waals surface area contributed by atoms with Crippen LogP contribution in [0.25, 0.3) is 11.7 Å². The van der Waals surface area contributed by atoms with Crippen LogP contribution < -0.4 is 0 Å². The SMILES string of the molecule is c1coc(-c2nnc(C3CCN(CC4CC4)C3)o2)c1. The molecule has 19 heavy (non-hydrogen) atoms. The summed E-state index contributed by atoms with van der Waals surface area (Å²) in [6.07, 6.45) is 5.55. The maximum atomic E-state index is 5.74. The van der Waals surface area contributed by atoms with Crippen molar-refractivity contribution in [1.29, 1.82) is 0 Å². The Bertz CT molecular complexity index is 545. The van der Waals surface area contributed by atoms with Gasteiger partial charge in [0.2, 0.25) is 5.89 Å². The van der Waals surface area contributed by atoms with E-state index < -0.39 is 0 Å². The Morgan fingerprint density at radius 3 is 3.00 bits per heavy atom. The van der Waals surface area contributed by atoms with Crippen molar-refractivity contribution in [3.05, 3.63) is 24.3 Å².